The number of hydrogen-bond acceptors (Lipinski definition) is 4. The number of nitrogens with two attached hydrogens (primary N) is 1. The third kappa shape index (κ3) is 4.48. The number of carbonyl (C=O) groups is 2. The maximum absolute atomic E-state index is 12.2. The average molecular weight is 364 g/mol. The summed E-state index contributed by atoms with van der Waals surface area (Å²) in [7, 11) is 0. The van der Waals surface area contributed by atoms with Crippen LogP contribution in [0.25, 0.3) is 10.8 Å². The van der Waals surface area contributed by atoms with Crippen molar-refractivity contribution in [1.82, 2.24) is 5.32 Å². The van der Waals surface area contributed by atoms with Crippen molar-refractivity contribution in [2.45, 2.75) is 18.4 Å². The smallest absolute Gasteiger partial charge is 0.243 e. The molecule has 0 unspecified atom stereocenters. The first-order valence-corrected chi connectivity index (χ1v) is 8.01. The van der Waals surface area contributed by atoms with Crippen LogP contribution in [0.15, 0.2) is 42.5 Å². The lowest BCUT2D eigenvalue weighted by Crippen LogP contribution is -2.57. The van der Waals surface area contributed by atoms with E-state index in [2.05, 4.69) is 10.6 Å². The van der Waals surface area contributed by atoms with Crippen LogP contribution in [0, 0.1) is 0 Å². The highest BCUT2D eigenvalue weighted by Gasteiger charge is 2.35. The Labute approximate surface area is 152 Å². The van der Waals surface area contributed by atoms with Gasteiger partial charge in [-0.15, -0.1) is 12.4 Å². The van der Waals surface area contributed by atoms with Gasteiger partial charge in [0, 0.05) is 24.3 Å². The predicted molar refractivity (Wildman–Crippen MR) is 99.8 cm³/mol. The van der Waals surface area contributed by atoms with E-state index < -0.39 is 5.54 Å². The van der Waals surface area contributed by atoms with Crippen molar-refractivity contribution in [3.63, 3.8) is 0 Å². The third-order valence-corrected chi connectivity index (χ3v) is 4.31. The first kappa shape index (κ1) is 19.2. The molecule has 6 nitrogen and oxygen atoms in total. The highest BCUT2D eigenvalue weighted by Crippen LogP contribution is 2.22. The van der Waals surface area contributed by atoms with E-state index in [1.54, 1.807) is 0 Å². The van der Waals surface area contributed by atoms with Crippen LogP contribution in [0.1, 0.15) is 12.8 Å². The molecular formula is C18H22ClN3O3. The Morgan fingerprint density at radius 2 is 1.76 bits per heavy atom. The van der Waals surface area contributed by atoms with Gasteiger partial charge in [-0.25, -0.2) is 0 Å². The number of anilines is 1. The summed E-state index contributed by atoms with van der Waals surface area (Å²) >= 11 is 0. The topological polar surface area (TPSA) is 93.5 Å². The van der Waals surface area contributed by atoms with Gasteiger partial charge in [-0.05, 0) is 24.3 Å². The van der Waals surface area contributed by atoms with E-state index >= 15 is 0 Å². The van der Waals surface area contributed by atoms with E-state index in [1.807, 2.05) is 42.5 Å². The molecule has 2 aromatic rings. The largest absolute Gasteiger partial charge is 0.381 e. The van der Waals surface area contributed by atoms with Gasteiger partial charge in [0.1, 0.15) is 0 Å². The van der Waals surface area contributed by atoms with Crippen molar-refractivity contribution in [3.05, 3.63) is 42.5 Å². The van der Waals surface area contributed by atoms with E-state index in [-0.39, 0.29) is 30.8 Å². The fraction of sp³-hybridized carbons (Fsp3) is 0.333. The lowest BCUT2D eigenvalue weighted by atomic mass is 9.90. The molecule has 0 aromatic heterocycles. The van der Waals surface area contributed by atoms with Gasteiger partial charge in [-0.1, -0.05) is 36.4 Å². The van der Waals surface area contributed by atoms with E-state index in [0.29, 0.717) is 26.1 Å². The summed E-state index contributed by atoms with van der Waals surface area (Å²) in [6.07, 6.45) is 0.924. The summed E-state index contributed by atoms with van der Waals surface area (Å²) in [6, 6.07) is 13.5. The minimum Gasteiger partial charge on any atom is -0.381 e. The molecule has 1 aliphatic rings. The van der Waals surface area contributed by atoms with Gasteiger partial charge in [-0.3, -0.25) is 9.59 Å². The summed E-state index contributed by atoms with van der Waals surface area (Å²) in [4.78, 5) is 24.4. The summed E-state index contributed by atoms with van der Waals surface area (Å²) in [5.74, 6) is -0.589. The minimum atomic E-state index is -0.946. The number of carbonyl (C=O) groups excluding carboxylic acids is 2. The van der Waals surface area contributed by atoms with Crippen LogP contribution in [-0.2, 0) is 14.3 Å². The second-order valence-electron chi connectivity index (χ2n) is 6.03. The van der Waals surface area contributed by atoms with Gasteiger partial charge in [0.2, 0.25) is 11.8 Å². The SMILES string of the molecule is Cl.NC1(C(=O)NCC(=O)Nc2cccc3ccccc23)CCOCC1. The molecule has 0 radical (unpaired) electrons. The lowest BCUT2D eigenvalue weighted by Gasteiger charge is -2.31. The van der Waals surface area contributed by atoms with Gasteiger partial charge in [0.25, 0.3) is 0 Å². The van der Waals surface area contributed by atoms with Crippen LogP contribution in [0.3, 0.4) is 0 Å². The fourth-order valence-electron chi connectivity index (χ4n) is 2.83. The monoisotopic (exact) mass is 363 g/mol. The minimum absolute atomic E-state index is 0. The fourth-order valence-corrected chi connectivity index (χ4v) is 2.83. The second kappa shape index (κ2) is 8.29. The van der Waals surface area contributed by atoms with Gasteiger partial charge in [0.15, 0.2) is 0 Å². The molecule has 4 N–H and O–H groups in total. The van der Waals surface area contributed by atoms with E-state index in [1.165, 1.54) is 0 Å². The third-order valence-electron chi connectivity index (χ3n) is 4.31. The van der Waals surface area contributed by atoms with Crippen molar-refractivity contribution >= 4 is 40.7 Å². The molecular weight excluding hydrogens is 342 g/mol. The Morgan fingerprint density at radius 3 is 2.52 bits per heavy atom. The van der Waals surface area contributed by atoms with Crippen LogP contribution in [0.5, 0.6) is 0 Å². The van der Waals surface area contributed by atoms with Gasteiger partial charge >= 0.3 is 0 Å². The molecule has 1 fully saturated rings. The van der Waals surface area contributed by atoms with Crippen LogP contribution in [0.4, 0.5) is 5.69 Å². The molecule has 2 amide bonds. The molecule has 0 aliphatic carbocycles. The summed E-state index contributed by atoms with van der Waals surface area (Å²) < 4.78 is 5.22. The van der Waals surface area contributed by atoms with Crippen LogP contribution < -0.4 is 16.4 Å². The molecule has 2 aromatic carbocycles. The number of amides is 2. The van der Waals surface area contributed by atoms with Crippen molar-refractivity contribution in [1.29, 1.82) is 0 Å². The predicted octanol–water partition coefficient (Wildman–Crippen LogP) is 1.82. The molecule has 0 saturated carbocycles. The number of benzene rings is 2. The van der Waals surface area contributed by atoms with Crippen molar-refractivity contribution in [2.75, 3.05) is 25.1 Å². The van der Waals surface area contributed by atoms with Crippen molar-refractivity contribution in [2.24, 2.45) is 5.73 Å². The quantitative estimate of drug-likeness (QED) is 0.772. The highest BCUT2D eigenvalue weighted by atomic mass is 35.5. The average Bonchev–Trinajstić information content (AvgIpc) is 2.60. The summed E-state index contributed by atoms with van der Waals surface area (Å²) in [5.41, 5.74) is 5.87. The van der Waals surface area contributed by atoms with Gasteiger partial charge < -0.3 is 21.1 Å². The number of rotatable bonds is 4. The molecule has 0 spiro atoms. The summed E-state index contributed by atoms with van der Waals surface area (Å²) in [6.45, 7) is 0.820. The Bertz CT molecular complexity index is 755. The molecule has 1 heterocycles. The molecule has 25 heavy (non-hydrogen) atoms. The Hall–Kier alpha value is -2.15. The molecule has 1 aliphatic heterocycles. The number of nitrogens with one attached hydrogen (secondary N) is 2. The van der Waals surface area contributed by atoms with Gasteiger partial charge in [-0.2, -0.15) is 0 Å². The first-order valence-electron chi connectivity index (χ1n) is 8.01. The molecule has 1 saturated heterocycles. The molecule has 0 atom stereocenters. The number of halogens is 1. The maximum atomic E-state index is 12.2. The Kier molecular flexibility index (Phi) is 6.36. The molecule has 0 bridgehead atoms. The summed E-state index contributed by atoms with van der Waals surface area (Å²) in [5, 5.41) is 7.47. The van der Waals surface area contributed by atoms with Crippen LogP contribution in [-0.4, -0.2) is 37.1 Å². The highest BCUT2D eigenvalue weighted by molar-refractivity contribution is 6.03. The zero-order valence-electron chi connectivity index (χ0n) is 13.8. The lowest BCUT2D eigenvalue weighted by molar-refractivity contribution is -0.131. The first-order chi connectivity index (χ1) is 11.6. The number of fused-ring (bicyclic) bond motifs is 1. The Balaban J connectivity index is 0.00000225. The molecule has 134 valence electrons. The second-order valence-corrected chi connectivity index (χ2v) is 6.03. The van der Waals surface area contributed by atoms with Crippen LogP contribution >= 0.6 is 12.4 Å². The van der Waals surface area contributed by atoms with Gasteiger partial charge in [0.05, 0.1) is 12.1 Å². The normalized spacial score (nSPS) is 15.9. The Morgan fingerprint density at radius 1 is 1.08 bits per heavy atom. The number of ether oxygens (including phenoxy) is 1. The number of hydrogen-bond donors (Lipinski definition) is 3. The standard InChI is InChI=1S/C18H21N3O3.ClH/c19-18(8-10-24-11-9-18)17(23)20-12-16(22)21-15-7-3-5-13-4-1-2-6-14(13)15;/h1-7H,8-12,19H2,(H,20,23)(H,21,22);1H. The van der Waals surface area contributed by atoms with E-state index in [4.69, 9.17) is 10.5 Å². The van der Waals surface area contributed by atoms with Crippen molar-refractivity contribution in [3.8, 4) is 0 Å². The van der Waals surface area contributed by atoms with Crippen molar-refractivity contribution < 1.29 is 14.3 Å². The zero-order chi connectivity index (χ0) is 17.0. The molecule has 3 rings (SSSR count). The zero-order valence-corrected chi connectivity index (χ0v) is 14.6. The van der Waals surface area contributed by atoms with E-state index in [0.717, 1.165) is 16.5 Å². The maximum Gasteiger partial charge on any atom is 0.243 e. The van der Waals surface area contributed by atoms with Crippen LogP contribution in [0.2, 0.25) is 0 Å². The molecule has 7 heteroatoms. The van der Waals surface area contributed by atoms with E-state index in [9.17, 15) is 9.59 Å².